The molecule has 0 spiro atoms. The van der Waals surface area contributed by atoms with Crippen molar-refractivity contribution in [2.45, 2.75) is 39.5 Å². The first-order chi connectivity index (χ1) is 5.31. The van der Waals surface area contributed by atoms with Crippen LogP contribution in [0.1, 0.15) is 39.5 Å². The Morgan fingerprint density at radius 1 is 1.36 bits per heavy atom. The van der Waals surface area contributed by atoms with E-state index in [1.54, 1.807) is 7.11 Å². The van der Waals surface area contributed by atoms with Crippen LogP contribution in [-0.4, -0.2) is 13.7 Å². The highest BCUT2D eigenvalue weighted by atomic mass is 16.5. The van der Waals surface area contributed by atoms with E-state index in [0.717, 1.165) is 13.0 Å². The van der Waals surface area contributed by atoms with Gasteiger partial charge in [0.05, 0.1) is 0 Å². The molecule has 0 aromatic heterocycles. The average molecular weight is 156 g/mol. The molecule has 0 aromatic rings. The van der Waals surface area contributed by atoms with Gasteiger partial charge in [-0.3, -0.25) is 0 Å². The standard InChI is InChI=1S/C10H20O/c1-4-7-10(2)8-5-6-9-11-3/h7H,4-6,8-9H2,1-3H3/b10-7+. The summed E-state index contributed by atoms with van der Waals surface area (Å²) in [5, 5.41) is 0. The average Bonchev–Trinajstić information content (AvgIpc) is 1.99. The van der Waals surface area contributed by atoms with Gasteiger partial charge in [-0.05, 0) is 32.6 Å². The van der Waals surface area contributed by atoms with Crippen molar-refractivity contribution in [2.24, 2.45) is 0 Å². The van der Waals surface area contributed by atoms with Gasteiger partial charge < -0.3 is 4.74 Å². The molecule has 0 radical (unpaired) electrons. The van der Waals surface area contributed by atoms with Crippen LogP contribution in [-0.2, 0) is 4.74 Å². The van der Waals surface area contributed by atoms with Gasteiger partial charge in [0.2, 0.25) is 0 Å². The van der Waals surface area contributed by atoms with Crippen LogP contribution in [0.3, 0.4) is 0 Å². The molecule has 0 saturated carbocycles. The minimum atomic E-state index is 0.902. The molecule has 0 aliphatic carbocycles. The van der Waals surface area contributed by atoms with E-state index in [-0.39, 0.29) is 0 Å². The fourth-order valence-electron chi connectivity index (χ4n) is 1.10. The molecular formula is C10H20O. The Morgan fingerprint density at radius 3 is 2.64 bits per heavy atom. The van der Waals surface area contributed by atoms with E-state index in [0.29, 0.717) is 0 Å². The van der Waals surface area contributed by atoms with Crippen molar-refractivity contribution in [1.82, 2.24) is 0 Å². The van der Waals surface area contributed by atoms with Gasteiger partial charge in [0.25, 0.3) is 0 Å². The van der Waals surface area contributed by atoms with E-state index in [9.17, 15) is 0 Å². The van der Waals surface area contributed by atoms with Gasteiger partial charge in [0.15, 0.2) is 0 Å². The maximum Gasteiger partial charge on any atom is 0.0462 e. The molecule has 1 nitrogen and oxygen atoms in total. The normalized spacial score (nSPS) is 12.1. The molecule has 0 bridgehead atoms. The van der Waals surface area contributed by atoms with Gasteiger partial charge in [-0.25, -0.2) is 0 Å². The molecule has 0 aliphatic heterocycles. The minimum absolute atomic E-state index is 0.902. The third-order valence-corrected chi connectivity index (χ3v) is 1.72. The molecule has 0 rings (SSSR count). The van der Waals surface area contributed by atoms with Crippen LogP contribution in [0.15, 0.2) is 11.6 Å². The summed E-state index contributed by atoms with van der Waals surface area (Å²) in [6.07, 6.45) is 7.14. The molecule has 1 heteroatoms. The first-order valence-electron chi connectivity index (χ1n) is 4.45. The number of hydrogen-bond donors (Lipinski definition) is 0. The van der Waals surface area contributed by atoms with Gasteiger partial charge in [-0.15, -0.1) is 0 Å². The van der Waals surface area contributed by atoms with Crippen molar-refractivity contribution in [2.75, 3.05) is 13.7 Å². The smallest absolute Gasteiger partial charge is 0.0462 e. The summed E-state index contributed by atoms with van der Waals surface area (Å²) in [5.74, 6) is 0. The molecule has 0 heterocycles. The maximum atomic E-state index is 4.96. The van der Waals surface area contributed by atoms with E-state index in [1.165, 1.54) is 24.8 Å². The first kappa shape index (κ1) is 10.7. The summed E-state index contributed by atoms with van der Waals surface area (Å²) in [6, 6.07) is 0. The Kier molecular flexibility index (Phi) is 7.59. The molecule has 0 N–H and O–H groups in total. The Hall–Kier alpha value is -0.300. The Bertz CT molecular complexity index is 105. The van der Waals surface area contributed by atoms with Gasteiger partial charge >= 0.3 is 0 Å². The zero-order chi connectivity index (χ0) is 8.53. The lowest BCUT2D eigenvalue weighted by Gasteiger charge is -2.00. The van der Waals surface area contributed by atoms with Crippen LogP contribution in [0.2, 0.25) is 0 Å². The lowest BCUT2D eigenvalue weighted by Crippen LogP contribution is -1.88. The maximum absolute atomic E-state index is 4.96. The minimum Gasteiger partial charge on any atom is -0.385 e. The molecule has 0 amide bonds. The van der Waals surface area contributed by atoms with Crippen LogP contribution >= 0.6 is 0 Å². The van der Waals surface area contributed by atoms with E-state index in [4.69, 9.17) is 4.74 Å². The largest absolute Gasteiger partial charge is 0.385 e. The molecule has 0 fully saturated rings. The van der Waals surface area contributed by atoms with E-state index in [1.807, 2.05) is 0 Å². The van der Waals surface area contributed by atoms with Crippen LogP contribution < -0.4 is 0 Å². The second kappa shape index (κ2) is 7.80. The highest BCUT2D eigenvalue weighted by molar-refractivity contribution is 4.96. The lowest BCUT2D eigenvalue weighted by molar-refractivity contribution is 0.193. The van der Waals surface area contributed by atoms with E-state index >= 15 is 0 Å². The number of allylic oxidation sites excluding steroid dienone is 2. The first-order valence-corrected chi connectivity index (χ1v) is 4.45. The Labute approximate surface area is 70.4 Å². The Balaban J connectivity index is 3.17. The van der Waals surface area contributed by atoms with Gasteiger partial charge in [-0.2, -0.15) is 0 Å². The molecule has 0 aliphatic rings. The van der Waals surface area contributed by atoms with Crippen LogP contribution in [0.25, 0.3) is 0 Å². The third kappa shape index (κ3) is 7.60. The fraction of sp³-hybridized carbons (Fsp3) is 0.800. The molecule has 66 valence electrons. The number of unbranched alkanes of at least 4 members (excludes halogenated alkanes) is 1. The summed E-state index contributed by atoms with van der Waals surface area (Å²) in [6.45, 7) is 5.29. The summed E-state index contributed by atoms with van der Waals surface area (Å²) in [7, 11) is 1.76. The van der Waals surface area contributed by atoms with E-state index in [2.05, 4.69) is 19.9 Å². The van der Waals surface area contributed by atoms with Crippen molar-refractivity contribution in [1.29, 1.82) is 0 Å². The van der Waals surface area contributed by atoms with Crippen molar-refractivity contribution < 1.29 is 4.74 Å². The second-order valence-corrected chi connectivity index (χ2v) is 2.91. The molecular weight excluding hydrogens is 136 g/mol. The van der Waals surface area contributed by atoms with Gasteiger partial charge in [0.1, 0.15) is 0 Å². The molecule has 0 saturated heterocycles. The summed E-state index contributed by atoms with van der Waals surface area (Å²) in [4.78, 5) is 0. The van der Waals surface area contributed by atoms with Gasteiger partial charge in [0, 0.05) is 13.7 Å². The Morgan fingerprint density at radius 2 is 2.09 bits per heavy atom. The quantitative estimate of drug-likeness (QED) is 0.424. The summed E-state index contributed by atoms with van der Waals surface area (Å²) in [5.41, 5.74) is 1.52. The highest BCUT2D eigenvalue weighted by Crippen LogP contribution is 2.06. The number of methoxy groups -OCH3 is 1. The number of hydrogen-bond acceptors (Lipinski definition) is 1. The summed E-state index contributed by atoms with van der Waals surface area (Å²) < 4.78 is 4.96. The topological polar surface area (TPSA) is 9.23 Å². The van der Waals surface area contributed by atoms with Crippen LogP contribution in [0.5, 0.6) is 0 Å². The molecule has 0 unspecified atom stereocenters. The summed E-state index contributed by atoms with van der Waals surface area (Å²) >= 11 is 0. The van der Waals surface area contributed by atoms with Crippen molar-refractivity contribution in [3.8, 4) is 0 Å². The monoisotopic (exact) mass is 156 g/mol. The zero-order valence-electron chi connectivity index (χ0n) is 8.02. The van der Waals surface area contributed by atoms with Crippen LogP contribution in [0.4, 0.5) is 0 Å². The number of rotatable bonds is 6. The van der Waals surface area contributed by atoms with Crippen molar-refractivity contribution >= 4 is 0 Å². The SMILES string of the molecule is CC/C=C(\C)CCCCOC. The molecule has 0 aromatic carbocycles. The lowest BCUT2D eigenvalue weighted by atomic mass is 10.1. The van der Waals surface area contributed by atoms with E-state index < -0.39 is 0 Å². The highest BCUT2D eigenvalue weighted by Gasteiger charge is 1.89. The second-order valence-electron chi connectivity index (χ2n) is 2.91. The third-order valence-electron chi connectivity index (χ3n) is 1.72. The molecule has 0 atom stereocenters. The van der Waals surface area contributed by atoms with Crippen molar-refractivity contribution in [3.05, 3.63) is 11.6 Å². The predicted octanol–water partition coefficient (Wildman–Crippen LogP) is 3.16. The van der Waals surface area contributed by atoms with Gasteiger partial charge in [-0.1, -0.05) is 18.6 Å². The predicted molar refractivity (Wildman–Crippen MR) is 49.8 cm³/mol. The molecule has 11 heavy (non-hydrogen) atoms. The fourth-order valence-corrected chi connectivity index (χ4v) is 1.10. The number of ether oxygens (including phenoxy) is 1. The zero-order valence-corrected chi connectivity index (χ0v) is 8.02. The van der Waals surface area contributed by atoms with Crippen molar-refractivity contribution in [3.63, 3.8) is 0 Å². The van der Waals surface area contributed by atoms with Crippen LogP contribution in [0, 0.1) is 0 Å².